The predicted octanol–water partition coefficient (Wildman–Crippen LogP) is 4.18. The van der Waals surface area contributed by atoms with Crippen LogP contribution in [0.25, 0.3) is 44.1 Å². The van der Waals surface area contributed by atoms with Crippen molar-refractivity contribution >= 4 is 21.8 Å². The van der Waals surface area contributed by atoms with E-state index in [1.807, 2.05) is 44.2 Å². The highest BCUT2D eigenvalue weighted by Crippen LogP contribution is 2.34. The van der Waals surface area contributed by atoms with Gasteiger partial charge in [0.2, 0.25) is 0 Å². The molecule has 0 aliphatic carbocycles. The van der Waals surface area contributed by atoms with Gasteiger partial charge >= 0.3 is 0 Å². The summed E-state index contributed by atoms with van der Waals surface area (Å²) < 4.78 is 1.80. The fourth-order valence-corrected chi connectivity index (χ4v) is 3.31. The second-order valence-electron chi connectivity index (χ2n) is 6.13. The third-order valence-corrected chi connectivity index (χ3v) is 4.54. The van der Waals surface area contributed by atoms with Gasteiger partial charge in [-0.3, -0.25) is 9.67 Å². The molecule has 0 atom stereocenters. The van der Waals surface area contributed by atoms with Crippen LogP contribution in [-0.4, -0.2) is 24.7 Å². The Morgan fingerprint density at radius 1 is 0.960 bits per heavy atom. The van der Waals surface area contributed by atoms with E-state index in [2.05, 4.69) is 50.4 Å². The lowest BCUT2D eigenvalue weighted by Gasteiger charge is -2.06. The quantitative estimate of drug-likeness (QED) is 0.530. The van der Waals surface area contributed by atoms with Gasteiger partial charge in [0.05, 0.1) is 6.20 Å². The van der Waals surface area contributed by atoms with Gasteiger partial charge in [-0.2, -0.15) is 5.10 Å². The Labute approximate surface area is 144 Å². The summed E-state index contributed by atoms with van der Waals surface area (Å²) in [5, 5.41) is 7.67. The van der Waals surface area contributed by atoms with E-state index in [4.69, 9.17) is 0 Å². The zero-order chi connectivity index (χ0) is 16.8. The summed E-state index contributed by atoms with van der Waals surface area (Å²) in [6, 6.07) is 10.5. The molecule has 0 radical (unpaired) electrons. The van der Waals surface area contributed by atoms with Crippen LogP contribution in [0.4, 0.5) is 0 Å². The number of aromatic amines is 1. The lowest BCUT2D eigenvalue weighted by molar-refractivity contribution is 0.768. The van der Waals surface area contributed by atoms with E-state index in [-0.39, 0.29) is 0 Å². The maximum Gasteiger partial charge on any atom is 0.137 e. The highest BCUT2D eigenvalue weighted by atomic mass is 15.2. The van der Waals surface area contributed by atoms with Crippen LogP contribution in [0.15, 0.2) is 67.5 Å². The standard InChI is InChI=1S/C20H15N5/c1-25-12-15(10-24-25)14-7-18-19(11-23-20(18)22-9-14)17-4-2-3-13-8-21-6-5-16(13)17/h2-12H,1H3,(H,22,23). The Morgan fingerprint density at radius 2 is 1.92 bits per heavy atom. The molecule has 5 aromatic rings. The second-order valence-corrected chi connectivity index (χ2v) is 6.13. The normalized spacial score (nSPS) is 11.4. The highest BCUT2D eigenvalue weighted by molar-refractivity contribution is 6.04. The number of aryl methyl sites for hydroxylation is 1. The van der Waals surface area contributed by atoms with Crippen LogP contribution >= 0.6 is 0 Å². The largest absolute Gasteiger partial charge is 0.346 e. The maximum atomic E-state index is 4.59. The molecule has 0 unspecified atom stereocenters. The lowest BCUT2D eigenvalue weighted by atomic mass is 9.99. The summed E-state index contributed by atoms with van der Waals surface area (Å²) in [7, 11) is 1.92. The Hall–Kier alpha value is -3.47. The molecular weight excluding hydrogens is 310 g/mol. The maximum absolute atomic E-state index is 4.59. The average molecular weight is 325 g/mol. The summed E-state index contributed by atoms with van der Waals surface area (Å²) >= 11 is 0. The number of aromatic nitrogens is 5. The van der Waals surface area contributed by atoms with Gasteiger partial charge in [0.1, 0.15) is 5.65 Å². The summed E-state index contributed by atoms with van der Waals surface area (Å²) in [5.74, 6) is 0. The van der Waals surface area contributed by atoms with Crippen molar-refractivity contribution in [3.8, 4) is 22.3 Å². The van der Waals surface area contributed by atoms with Gasteiger partial charge in [-0.1, -0.05) is 18.2 Å². The van der Waals surface area contributed by atoms with E-state index < -0.39 is 0 Å². The van der Waals surface area contributed by atoms with Crippen molar-refractivity contribution in [1.82, 2.24) is 24.7 Å². The molecule has 0 spiro atoms. The first-order valence-electron chi connectivity index (χ1n) is 8.09. The third kappa shape index (κ3) is 2.21. The van der Waals surface area contributed by atoms with Gasteiger partial charge in [0.15, 0.2) is 0 Å². The Bertz CT molecular complexity index is 1210. The minimum Gasteiger partial charge on any atom is -0.346 e. The van der Waals surface area contributed by atoms with Gasteiger partial charge in [-0.25, -0.2) is 4.98 Å². The van der Waals surface area contributed by atoms with Crippen LogP contribution in [0.1, 0.15) is 0 Å². The summed E-state index contributed by atoms with van der Waals surface area (Å²) in [5.41, 5.74) is 5.32. The van der Waals surface area contributed by atoms with Gasteiger partial charge in [0, 0.05) is 65.5 Å². The number of hydrogen-bond acceptors (Lipinski definition) is 3. The van der Waals surface area contributed by atoms with Gasteiger partial charge in [0.25, 0.3) is 0 Å². The first-order chi connectivity index (χ1) is 12.3. The van der Waals surface area contributed by atoms with Crippen molar-refractivity contribution in [3.05, 3.63) is 67.5 Å². The molecule has 0 fully saturated rings. The zero-order valence-electron chi connectivity index (χ0n) is 13.6. The van der Waals surface area contributed by atoms with E-state index >= 15 is 0 Å². The number of H-pyrrole nitrogens is 1. The molecule has 0 saturated carbocycles. The molecule has 5 heteroatoms. The SMILES string of the molecule is Cn1cc(-c2cnc3[nH]cc(-c4cccc5cnccc45)c3c2)cn1. The molecule has 0 saturated heterocycles. The fourth-order valence-electron chi connectivity index (χ4n) is 3.31. The van der Waals surface area contributed by atoms with Crippen LogP contribution in [0.2, 0.25) is 0 Å². The lowest BCUT2D eigenvalue weighted by Crippen LogP contribution is -1.85. The number of fused-ring (bicyclic) bond motifs is 2. The van der Waals surface area contributed by atoms with Crippen molar-refractivity contribution in [2.45, 2.75) is 0 Å². The molecular formula is C20H15N5. The van der Waals surface area contributed by atoms with Crippen molar-refractivity contribution < 1.29 is 0 Å². The highest BCUT2D eigenvalue weighted by Gasteiger charge is 2.12. The van der Waals surface area contributed by atoms with E-state index in [1.54, 1.807) is 4.68 Å². The molecule has 0 aliphatic heterocycles. The smallest absolute Gasteiger partial charge is 0.137 e. The van der Waals surface area contributed by atoms with Crippen molar-refractivity contribution in [2.24, 2.45) is 7.05 Å². The molecule has 25 heavy (non-hydrogen) atoms. The first kappa shape index (κ1) is 13.9. The molecule has 0 aliphatic rings. The molecule has 0 bridgehead atoms. The number of nitrogens with one attached hydrogen (secondary N) is 1. The number of pyridine rings is 2. The molecule has 0 amide bonds. The van der Waals surface area contributed by atoms with E-state index in [0.717, 1.165) is 33.1 Å². The fraction of sp³-hybridized carbons (Fsp3) is 0.0500. The van der Waals surface area contributed by atoms with Crippen LogP contribution in [0.5, 0.6) is 0 Å². The predicted molar refractivity (Wildman–Crippen MR) is 99.0 cm³/mol. The Kier molecular flexibility index (Phi) is 2.94. The van der Waals surface area contributed by atoms with E-state index in [0.29, 0.717) is 0 Å². The van der Waals surface area contributed by atoms with Crippen LogP contribution in [0, 0.1) is 0 Å². The molecule has 120 valence electrons. The van der Waals surface area contributed by atoms with Gasteiger partial charge in [-0.05, 0) is 23.1 Å². The van der Waals surface area contributed by atoms with E-state index in [9.17, 15) is 0 Å². The summed E-state index contributed by atoms with van der Waals surface area (Å²) in [6.07, 6.45) is 11.5. The molecule has 4 aromatic heterocycles. The molecule has 5 nitrogen and oxygen atoms in total. The number of nitrogens with zero attached hydrogens (tertiary/aromatic N) is 4. The van der Waals surface area contributed by atoms with Crippen LogP contribution in [0.3, 0.4) is 0 Å². The Balaban J connectivity index is 1.76. The summed E-state index contributed by atoms with van der Waals surface area (Å²) in [6.45, 7) is 0. The third-order valence-electron chi connectivity index (χ3n) is 4.54. The number of rotatable bonds is 2. The number of benzene rings is 1. The Morgan fingerprint density at radius 3 is 2.80 bits per heavy atom. The molecule has 1 aromatic carbocycles. The van der Waals surface area contributed by atoms with Crippen molar-refractivity contribution in [2.75, 3.05) is 0 Å². The van der Waals surface area contributed by atoms with Gasteiger partial charge < -0.3 is 4.98 Å². The first-order valence-corrected chi connectivity index (χ1v) is 8.09. The van der Waals surface area contributed by atoms with Crippen molar-refractivity contribution in [1.29, 1.82) is 0 Å². The topological polar surface area (TPSA) is 59.4 Å². The van der Waals surface area contributed by atoms with Gasteiger partial charge in [-0.15, -0.1) is 0 Å². The minimum absolute atomic E-state index is 0.883. The summed E-state index contributed by atoms with van der Waals surface area (Å²) in [4.78, 5) is 12.1. The minimum atomic E-state index is 0.883. The average Bonchev–Trinajstić information content (AvgIpc) is 3.27. The molecule has 1 N–H and O–H groups in total. The second kappa shape index (κ2) is 5.27. The zero-order valence-corrected chi connectivity index (χ0v) is 13.6. The van der Waals surface area contributed by atoms with Crippen LogP contribution < -0.4 is 0 Å². The molecule has 5 rings (SSSR count). The van der Waals surface area contributed by atoms with E-state index in [1.165, 1.54) is 10.9 Å². The monoisotopic (exact) mass is 325 g/mol. The molecule has 4 heterocycles. The van der Waals surface area contributed by atoms with Crippen molar-refractivity contribution in [3.63, 3.8) is 0 Å². The number of hydrogen-bond donors (Lipinski definition) is 1. The van der Waals surface area contributed by atoms with Crippen LogP contribution in [-0.2, 0) is 7.05 Å².